The number of hydrogen-bond donors (Lipinski definition) is 2. The number of carbonyl (C=O) groups excluding carboxylic acids is 2. The monoisotopic (exact) mass is 362 g/mol. The van der Waals surface area contributed by atoms with E-state index < -0.39 is 17.6 Å². The SMILES string of the molecule is COc1ccc(CNC(=O)C(=O)NC[C@@H]2COC3(CCCCC3)O2)cc1. The third kappa shape index (κ3) is 4.74. The Morgan fingerprint density at radius 1 is 1.12 bits per heavy atom. The highest BCUT2D eigenvalue weighted by molar-refractivity contribution is 6.35. The van der Waals surface area contributed by atoms with Gasteiger partial charge in [-0.1, -0.05) is 18.6 Å². The fourth-order valence-electron chi connectivity index (χ4n) is 3.36. The van der Waals surface area contributed by atoms with Gasteiger partial charge in [0.2, 0.25) is 0 Å². The number of benzene rings is 1. The highest BCUT2D eigenvalue weighted by Crippen LogP contribution is 2.37. The molecule has 2 N–H and O–H groups in total. The van der Waals surface area contributed by atoms with Crippen LogP contribution in [0.1, 0.15) is 37.7 Å². The van der Waals surface area contributed by atoms with Crippen molar-refractivity contribution in [3.05, 3.63) is 29.8 Å². The second-order valence-electron chi connectivity index (χ2n) is 6.76. The molecule has 26 heavy (non-hydrogen) atoms. The van der Waals surface area contributed by atoms with Crippen LogP contribution in [-0.4, -0.2) is 44.0 Å². The predicted octanol–water partition coefficient (Wildman–Crippen LogP) is 1.50. The van der Waals surface area contributed by atoms with E-state index in [1.165, 1.54) is 6.42 Å². The summed E-state index contributed by atoms with van der Waals surface area (Å²) in [7, 11) is 1.59. The van der Waals surface area contributed by atoms with E-state index in [9.17, 15) is 9.59 Å². The van der Waals surface area contributed by atoms with Gasteiger partial charge in [-0.2, -0.15) is 0 Å². The molecule has 1 atom stereocenters. The Bertz CT molecular complexity index is 625. The minimum absolute atomic E-state index is 0.202. The lowest BCUT2D eigenvalue weighted by atomic mass is 9.94. The first-order valence-corrected chi connectivity index (χ1v) is 9.11. The Morgan fingerprint density at radius 2 is 1.81 bits per heavy atom. The summed E-state index contributed by atoms with van der Waals surface area (Å²) in [4.78, 5) is 23.9. The van der Waals surface area contributed by atoms with Crippen molar-refractivity contribution in [2.24, 2.45) is 0 Å². The molecule has 1 aliphatic heterocycles. The van der Waals surface area contributed by atoms with E-state index in [0.29, 0.717) is 6.61 Å². The molecule has 7 heteroatoms. The lowest BCUT2D eigenvalue weighted by Crippen LogP contribution is -2.43. The molecule has 1 aliphatic carbocycles. The number of amides is 2. The lowest BCUT2D eigenvalue weighted by molar-refractivity contribution is -0.186. The minimum Gasteiger partial charge on any atom is -0.497 e. The van der Waals surface area contributed by atoms with Crippen LogP contribution in [0.2, 0.25) is 0 Å². The van der Waals surface area contributed by atoms with Gasteiger partial charge in [0.1, 0.15) is 11.9 Å². The molecule has 0 radical (unpaired) electrons. The van der Waals surface area contributed by atoms with Gasteiger partial charge in [-0.25, -0.2) is 0 Å². The van der Waals surface area contributed by atoms with Crippen LogP contribution in [0.4, 0.5) is 0 Å². The van der Waals surface area contributed by atoms with Crippen molar-refractivity contribution >= 4 is 11.8 Å². The summed E-state index contributed by atoms with van der Waals surface area (Å²) in [5.74, 6) is -1.05. The van der Waals surface area contributed by atoms with Gasteiger partial charge >= 0.3 is 11.8 Å². The molecule has 0 aromatic heterocycles. The number of methoxy groups -OCH3 is 1. The summed E-state index contributed by atoms with van der Waals surface area (Å²) in [6, 6.07) is 7.29. The molecule has 3 rings (SSSR count). The van der Waals surface area contributed by atoms with Crippen molar-refractivity contribution in [3.8, 4) is 5.75 Å². The summed E-state index contributed by atoms with van der Waals surface area (Å²) in [5.41, 5.74) is 0.888. The van der Waals surface area contributed by atoms with Crippen LogP contribution in [-0.2, 0) is 25.6 Å². The maximum atomic E-state index is 11.9. The zero-order valence-electron chi connectivity index (χ0n) is 15.1. The van der Waals surface area contributed by atoms with Gasteiger partial charge in [0.25, 0.3) is 0 Å². The maximum Gasteiger partial charge on any atom is 0.309 e. The molecule has 2 fully saturated rings. The Balaban J connectivity index is 1.38. The van der Waals surface area contributed by atoms with Gasteiger partial charge in [0.05, 0.1) is 13.7 Å². The van der Waals surface area contributed by atoms with Crippen LogP contribution in [0.5, 0.6) is 5.75 Å². The van der Waals surface area contributed by atoms with Gasteiger partial charge in [0.15, 0.2) is 5.79 Å². The number of rotatable bonds is 5. The summed E-state index contributed by atoms with van der Waals surface area (Å²) in [6.45, 7) is 1.01. The topological polar surface area (TPSA) is 85.9 Å². The Kier molecular flexibility index (Phi) is 6.11. The van der Waals surface area contributed by atoms with Crippen molar-refractivity contribution < 1.29 is 23.8 Å². The first kappa shape index (κ1) is 18.7. The molecule has 1 saturated carbocycles. The fourth-order valence-corrected chi connectivity index (χ4v) is 3.36. The van der Waals surface area contributed by atoms with E-state index in [2.05, 4.69) is 10.6 Å². The molecule has 2 amide bonds. The summed E-state index contributed by atoms with van der Waals surface area (Å²) < 4.78 is 16.9. The van der Waals surface area contributed by atoms with Crippen LogP contribution < -0.4 is 15.4 Å². The third-order valence-corrected chi connectivity index (χ3v) is 4.84. The molecule has 0 bridgehead atoms. The predicted molar refractivity (Wildman–Crippen MR) is 94.5 cm³/mol. The fraction of sp³-hybridized carbons (Fsp3) is 0.579. The van der Waals surface area contributed by atoms with Crippen molar-refractivity contribution in [1.29, 1.82) is 0 Å². The largest absolute Gasteiger partial charge is 0.497 e. The minimum atomic E-state index is -0.660. The van der Waals surface area contributed by atoms with Crippen LogP contribution in [0.3, 0.4) is 0 Å². The van der Waals surface area contributed by atoms with E-state index in [1.54, 1.807) is 19.2 Å². The standard InChI is InChI=1S/C19H26N2O5/c1-24-15-7-5-14(6-8-15)11-20-17(22)18(23)21-12-16-13-25-19(26-16)9-3-2-4-10-19/h5-8,16H,2-4,9-13H2,1H3,(H,20,22)(H,21,23)/t16-/m1/s1. The molecule has 2 aliphatic rings. The molecule has 1 aromatic rings. The summed E-state index contributed by atoms with van der Waals surface area (Å²) in [6.07, 6.45) is 5.02. The van der Waals surface area contributed by atoms with Gasteiger partial charge in [0, 0.05) is 25.9 Å². The number of nitrogens with one attached hydrogen (secondary N) is 2. The van der Waals surface area contributed by atoms with E-state index >= 15 is 0 Å². The molecular formula is C19H26N2O5. The average molecular weight is 362 g/mol. The number of ether oxygens (including phenoxy) is 3. The molecule has 1 saturated heterocycles. The molecular weight excluding hydrogens is 336 g/mol. The van der Waals surface area contributed by atoms with Gasteiger partial charge in [-0.05, 0) is 30.5 Å². The van der Waals surface area contributed by atoms with Crippen molar-refractivity contribution in [2.45, 2.75) is 50.5 Å². The molecule has 142 valence electrons. The maximum absolute atomic E-state index is 11.9. The van der Waals surface area contributed by atoms with Crippen molar-refractivity contribution in [1.82, 2.24) is 10.6 Å². The number of carbonyl (C=O) groups is 2. The molecule has 0 unspecified atom stereocenters. The summed E-state index contributed by atoms with van der Waals surface area (Å²) >= 11 is 0. The first-order chi connectivity index (χ1) is 12.6. The molecule has 1 heterocycles. The molecule has 1 aromatic carbocycles. The zero-order chi connectivity index (χ0) is 18.4. The average Bonchev–Trinajstić information content (AvgIpc) is 3.07. The second kappa shape index (κ2) is 8.51. The zero-order valence-corrected chi connectivity index (χ0v) is 15.1. The van der Waals surface area contributed by atoms with Gasteiger partial charge < -0.3 is 24.8 Å². The Hall–Kier alpha value is -2.12. The molecule has 1 spiro atoms. The van der Waals surface area contributed by atoms with Gasteiger partial charge in [-0.15, -0.1) is 0 Å². The van der Waals surface area contributed by atoms with Crippen molar-refractivity contribution in [3.63, 3.8) is 0 Å². The van der Waals surface area contributed by atoms with E-state index in [0.717, 1.165) is 37.0 Å². The highest BCUT2D eigenvalue weighted by atomic mass is 16.7. The van der Waals surface area contributed by atoms with E-state index in [4.69, 9.17) is 14.2 Å². The van der Waals surface area contributed by atoms with E-state index in [1.807, 2.05) is 12.1 Å². The second-order valence-corrected chi connectivity index (χ2v) is 6.76. The normalized spacial score (nSPS) is 21.3. The Labute approximate surface area is 153 Å². The van der Waals surface area contributed by atoms with Crippen LogP contribution in [0, 0.1) is 0 Å². The first-order valence-electron chi connectivity index (χ1n) is 9.11. The van der Waals surface area contributed by atoms with Crippen LogP contribution >= 0.6 is 0 Å². The quantitative estimate of drug-likeness (QED) is 0.776. The number of hydrogen-bond acceptors (Lipinski definition) is 5. The smallest absolute Gasteiger partial charge is 0.309 e. The lowest BCUT2D eigenvalue weighted by Gasteiger charge is -2.31. The van der Waals surface area contributed by atoms with E-state index in [-0.39, 0.29) is 19.2 Å². The molecule has 7 nitrogen and oxygen atoms in total. The van der Waals surface area contributed by atoms with Crippen molar-refractivity contribution in [2.75, 3.05) is 20.3 Å². The van der Waals surface area contributed by atoms with Gasteiger partial charge in [-0.3, -0.25) is 9.59 Å². The Morgan fingerprint density at radius 3 is 2.50 bits per heavy atom. The third-order valence-electron chi connectivity index (χ3n) is 4.84. The summed E-state index contributed by atoms with van der Waals surface area (Å²) in [5, 5.41) is 5.23. The van der Waals surface area contributed by atoms with Crippen LogP contribution in [0.15, 0.2) is 24.3 Å². The van der Waals surface area contributed by atoms with Crippen LogP contribution in [0.25, 0.3) is 0 Å². The highest BCUT2D eigenvalue weighted by Gasteiger charge is 2.42.